The van der Waals surface area contributed by atoms with Crippen LogP contribution < -0.4 is 23.6 Å². The molecular weight excluding hydrogens is 1710 g/mol. The molecule has 0 amide bonds. The summed E-state index contributed by atoms with van der Waals surface area (Å²) >= 11 is 3.52. The van der Waals surface area contributed by atoms with Crippen LogP contribution in [-0.4, -0.2) is 99.8 Å². The van der Waals surface area contributed by atoms with Crippen molar-refractivity contribution in [2.45, 2.75) is 159 Å². The average molecular weight is 1810 g/mol. The number of benzene rings is 8. The molecule has 0 radical (unpaired) electrons. The molecule has 8 aromatic heterocycles. The molecule has 0 bridgehead atoms. The monoisotopic (exact) mass is 1800 g/mol. The maximum Gasteiger partial charge on any atom is 0.263 e. The van der Waals surface area contributed by atoms with Crippen molar-refractivity contribution in [1.82, 2.24) is 59.1 Å². The van der Waals surface area contributed by atoms with E-state index in [0.717, 1.165) is 87.4 Å². The summed E-state index contributed by atoms with van der Waals surface area (Å²) in [5.41, 5.74) is 13.9. The van der Waals surface area contributed by atoms with E-state index in [1.807, 2.05) is 180 Å². The molecule has 640 valence electrons. The zero-order valence-corrected chi connectivity index (χ0v) is 77.1. The zero-order valence-electron chi connectivity index (χ0n) is 72.2. The third kappa shape index (κ3) is 20.1. The molecule has 0 aliphatic heterocycles. The van der Waals surface area contributed by atoms with Crippen molar-refractivity contribution in [2.75, 3.05) is 26.0 Å². The van der Waals surface area contributed by atoms with Crippen LogP contribution in [0.15, 0.2) is 273 Å². The summed E-state index contributed by atoms with van der Waals surface area (Å²) in [5, 5.41) is 21.6. The van der Waals surface area contributed by atoms with E-state index in [-0.39, 0.29) is 41.2 Å². The summed E-state index contributed by atoms with van der Waals surface area (Å²) in [4.78, 5) is 18.5. The van der Waals surface area contributed by atoms with Crippen LogP contribution in [0.3, 0.4) is 0 Å². The maximum atomic E-state index is 13.1. The molecule has 0 spiro atoms. The first-order chi connectivity index (χ1) is 58.3. The van der Waals surface area contributed by atoms with Crippen molar-refractivity contribution in [1.29, 1.82) is 0 Å². The summed E-state index contributed by atoms with van der Waals surface area (Å²) in [6.45, 7) is 34.4. The van der Waals surface area contributed by atoms with Crippen LogP contribution in [-0.2, 0) is 61.8 Å². The third-order valence-corrected chi connectivity index (χ3v) is 26.5. The largest absolute Gasteiger partial charge is 0.494 e. The first-order valence-corrected chi connectivity index (χ1v) is 46.5. The van der Waals surface area contributed by atoms with Gasteiger partial charge in [-0.05, 0) is 246 Å². The second-order valence-electron chi connectivity index (χ2n) is 34.2. The van der Waals surface area contributed by atoms with E-state index in [1.54, 1.807) is 129 Å². The lowest BCUT2D eigenvalue weighted by Gasteiger charge is -2.19. The topological polar surface area (TPSA) is 317 Å². The van der Waals surface area contributed by atoms with Gasteiger partial charge in [0.1, 0.15) is 34.5 Å². The fourth-order valence-corrected chi connectivity index (χ4v) is 18.5. The summed E-state index contributed by atoms with van der Waals surface area (Å²) in [6, 6.07) is 66.9. The quantitative estimate of drug-likeness (QED) is 0.0658. The van der Waals surface area contributed by atoms with Crippen LogP contribution in [0.5, 0.6) is 5.75 Å². The Morgan fingerprint density at radius 3 is 0.960 bits per heavy atom. The number of aryl methyl sites for hydroxylation is 5. The highest BCUT2D eigenvalue weighted by Gasteiger charge is 2.28. The molecular formula is C94H99BrN16O9S4. The van der Waals surface area contributed by atoms with Crippen molar-refractivity contribution in [3.63, 3.8) is 0 Å². The summed E-state index contributed by atoms with van der Waals surface area (Å²) in [7, 11) is -13.6. The molecule has 0 aliphatic carbocycles. The number of anilines is 4. The van der Waals surface area contributed by atoms with Crippen LogP contribution in [0.2, 0.25) is 0 Å². The van der Waals surface area contributed by atoms with Gasteiger partial charge in [0.2, 0.25) is 0 Å². The number of hydrogen-bond acceptors (Lipinski definition) is 17. The van der Waals surface area contributed by atoms with Gasteiger partial charge in [0.25, 0.3) is 40.1 Å². The maximum absolute atomic E-state index is 13.1. The van der Waals surface area contributed by atoms with E-state index in [9.17, 15) is 33.7 Å². The number of aromatic nitrogens is 12. The van der Waals surface area contributed by atoms with Crippen LogP contribution in [0, 0.1) is 34.6 Å². The lowest BCUT2D eigenvalue weighted by atomic mass is 9.87. The molecule has 4 N–H and O–H groups in total. The summed E-state index contributed by atoms with van der Waals surface area (Å²) in [5.74, 6) is 2.11. The number of pyridine rings is 4. The lowest BCUT2D eigenvalue weighted by Crippen LogP contribution is -2.17. The predicted molar refractivity (Wildman–Crippen MR) is 497 cm³/mol. The second-order valence-corrected chi connectivity index (χ2v) is 41.8. The normalized spacial score (nSPS) is 12.2. The number of hydrogen-bond donors (Lipinski definition) is 4. The first kappa shape index (κ1) is 89.3. The minimum atomic E-state index is -3.81. The minimum Gasteiger partial charge on any atom is -0.494 e. The highest BCUT2D eigenvalue weighted by molar-refractivity contribution is 9.10. The van der Waals surface area contributed by atoms with Crippen LogP contribution >= 0.6 is 15.9 Å². The van der Waals surface area contributed by atoms with Gasteiger partial charge in [-0.3, -0.25) is 38.8 Å². The van der Waals surface area contributed by atoms with E-state index in [4.69, 9.17) is 4.74 Å². The number of rotatable bonds is 17. The number of halogens is 1. The van der Waals surface area contributed by atoms with Crippen molar-refractivity contribution in [2.24, 2.45) is 0 Å². The Labute approximate surface area is 732 Å². The van der Waals surface area contributed by atoms with Crippen LogP contribution in [0.25, 0.3) is 66.4 Å². The number of nitrogens with one attached hydrogen (secondary N) is 4. The molecule has 30 heteroatoms. The van der Waals surface area contributed by atoms with Crippen molar-refractivity contribution < 1.29 is 38.4 Å². The number of methoxy groups -OCH3 is 1. The summed E-state index contributed by atoms with van der Waals surface area (Å²) < 4.78 is 128. The number of sulfonamides is 4. The van der Waals surface area contributed by atoms with Gasteiger partial charge >= 0.3 is 0 Å². The minimum absolute atomic E-state index is 0.0478. The Hall–Kier alpha value is -12.5. The fourth-order valence-electron chi connectivity index (χ4n) is 13.9. The molecule has 0 aliphatic rings. The molecule has 16 rings (SSSR count). The van der Waals surface area contributed by atoms with Gasteiger partial charge in [-0.15, -0.1) is 0 Å². The van der Waals surface area contributed by atoms with Crippen LogP contribution in [0.1, 0.15) is 134 Å². The van der Waals surface area contributed by atoms with Crippen molar-refractivity contribution >= 4 is 123 Å². The van der Waals surface area contributed by atoms with Gasteiger partial charge in [0.05, 0.1) is 88.8 Å². The fraction of sp³-hybridized carbons (Fsp3) is 0.234. The standard InChI is InChI=1S/C24H26N4O3S.C24H26N4O2S.C23H23BrN4O2S.C23H24N4O2S/c1-16-15-22(27-32(29,30)18-10-8-17(9-11-18)24(2,3)4)28(26-16)20-12-13-21(31-5)23-19(20)7-6-14-25-23;1-16-13-21-20(7-6-12-25-21)22(14-16)28-23(15-17(2)26-28)27-31(29,30)19-10-8-18(9-11-19)24(3,4)5;1-15-14-21(27-31(29,30)17-9-7-16(8-10-17)23(2,3)4)28(26-15)20-12-11-19(24)22-18(20)6-5-13-25-22;1-16-15-22(26-30(28,29)18-12-10-17(11-13-18)23(2,3)4)27(25-16)21-9-5-8-20-19(21)7-6-14-24-20/h6-15,27H,1-5H3;6-15,27H,1-5H3;5-14,27H,1-4H3;5-15,26H,1-4H3. The molecule has 0 saturated heterocycles. The third-order valence-electron chi connectivity index (χ3n) is 20.4. The highest BCUT2D eigenvalue weighted by Crippen LogP contribution is 2.37. The van der Waals surface area contributed by atoms with E-state index in [0.29, 0.717) is 63.0 Å². The van der Waals surface area contributed by atoms with Gasteiger partial charge in [-0.25, -0.2) is 52.4 Å². The average Bonchev–Trinajstić information content (AvgIpc) is 1.55. The summed E-state index contributed by atoms with van der Waals surface area (Å²) in [6.07, 6.45) is 6.88. The molecule has 0 saturated carbocycles. The molecule has 16 aromatic rings. The Kier molecular flexibility index (Phi) is 25.2. The highest BCUT2D eigenvalue weighted by atomic mass is 79.9. The SMILES string of the molecule is COc1ccc(-n2nc(C)cc2NS(=O)(=O)c2ccc(C(C)(C)C)cc2)c2cccnc12.Cc1cc(-n2nc(C)cc2NS(=O)(=O)c2ccc(C(C)(C)C)cc2)c2cccnc2c1.Cc1cc(NS(=O)(=O)c2ccc(C(C)(C)C)cc2)n(-c2ccc(Br)c3ncccc23)n1.Cc1cc(NS(=O)(=O)c2ccc(C(C)(C)C)cc2)n(-c2cccc3ncccc23)n1. The lowest BCUT2D eigenvalue weighted by molar-refractivity contribution is 0.419. The molecule has 0 unspecified atom stereocenters. The molecule has 0 atom stereocenters. The molecule has 0 fully saturated rings. The van der Waals surface area contributed by atoms with Gasteiger partial charge in [-0.2, -0.15) is 20.4 Å². The Morgan fingerprint density at radius 1 is 0.306 bits per heavy atom. The van der Waals surface area contributed by atoms with Gasteiger partial charge in [0, 0.05) is 75.1 Å². The Morgan fingerprint density at radius 2 is 0.605 bits per heavy atom. The molecule has 8 heterocycles. The predicted octanol–water partition coefficient (Wildman–Crippen LogP) is 20.4. The van der Waals surface area contributed by atoms with E-state index < -0.39 is 40.1 Å². The number of nitrogens with zero attached hydrogens (tertiary/aromatic N) is 12. The van der Waals surface area contributed by atoms with E-state index in [2.05, 4.69) is 158 Å². The number of fused-ring (bicyclic) bond motifs is 4. The van der Waals surface area contributed by atoms with Crippen LogP contribution in [0.4, 0.5) is 23.3 Å². The Bertz CT molecular complexity index is 7150. The first-order valence-electron chi connectivity index (χ1n) is 39.8. The second kappa shape index (κ2) is 35.0. The van der Waals surface area contributed by atoms with E-state index in [1.165, 1.54) is 0 Å². The zero-order chi connectivity index (χ0) is 89.4. The van der Waals surface area contributed by atoms with Gasteiger partial charge < -0.3 is 4.74 Å². The van der Waals surface area contributed by atoms with Gasteiger partial charge in [0.15, 0.2) is 0 Å². The van der Waals surface area contributed by atoms with Gasteiger partial charge in [-0.1, -0.05) is 138 Å². The molecule has 8 aromatic carbocycles. The van der Waals surface area contributed by atoms with E-state index >= 15 is 0 Å². The smallest absolute Gasteiger partial charge is 0.263 e. The Balaban J connectivity index is 0.000000142. The molecule has 124 heavy (non-hydrogen) atoms. The molecule has 25 nitrogen and oxygen atoms in total. The number of ether oxygens (including phenoxy) is 1. The van der Waals surface area contributed by atoms with Crippen molar-refractivity contribution in [3.05, 3.63) is 304 Å². The van der Waals surface area contributed by atoms with Crippen molar-refractivity contribution in [3.8, 4) is 28.5 Å².